The van der Waals surface area contributed by atoms with Gasteiger partial charge in [-0.1, -0.05) is 30.8 Å². The Hall–Kier alpha value is -2.66. The number of nitrogens with zero attached hydrogens (tertiary/aromatic N) is 1. The zero-order chi connectivity index (χ0) is 16.4. The van der Waals surface area contributed by atoms with Crippen LogP contribution in [0.4, 0.5) is 4.39 Å². The monoisotopic (exact) mass is 312 g/mol. The van der Waals surface area contributed by atoms with E-state index in [0.717, 1.165) is 23.1 Å². The number of benzene rings is 1. The van der Waals surface area contributed by atoms with Gasteiger partial charge in [0.1, 0.15) is 11.3 Å². The first-order valence-electron chi connectivity index (χ1n) is 7.38. The van der Waals surface area contributed by atoms with Crippen LogP contribution < -0.4 is 5.56 Å². The van der Waals surface area contributed by atoms with E-state index in [9.17, 15) is 9.18 Å². The van der Waals surface area contributed by atoms with Gasteiger partial charge in [-0.05, 0) is 29.5 Å². The second kappa shape index (κ2) is 6.22. The van der Waals surface area contributed by atoms with E-state index < -0.39 is 5.82 Å². The third-order valence-corrected chi connectivity index (χ3v) is 3.81. The van der Waals surface area contributed by atoms with Crippen LogP contribution in [0.25, 0.3) is 22.3 Å². The van der Waals surface area contributed by atoms with Gasteiger partial charge in [0.25, 0.3) is 5.56 Å². The summed E-state index contributed by atoms with van der Waals surface area (Å²) >= 11 is 0. The standard InChI is InChI=1S/C18H17FN2O2/c1-12(3-2-8-22)13-4-6-14(7-5-13)16-11-21-10-15(19)9-17(21)18(23)20-16/h4-7,9-11,22H,1-3,8H2,(H,20,23). The highest BCUT2D eigenvalue weighted by atomic mass is 19.1. The zero-order valence-electron chi connectivity index (χ0n) is 12.6. The van der Waals surface area contributed by atoms with Gasteiger partial charge < -0.3 is 14.5 Å². The number of aliphatic hydroxyl groups excluding tert-OH is 1. The Morgan fingerprint density at radius 3 is 2.70 bits per heavy atom. The van der Waals surface area contributed by atoms with E-state index in [1.54, 1.807) is 6.20 Å². The van der Waals surface area contributed by atoms with E-state index >= 15 is 0 Å². The molecule has 0 radical (unpaired) electrons. The van der Waals surface area contributed by atoms with Crippen LogP contribution in [-0.4, -0.2) is 21.1 Å². The third kappa shape index (κ3) is 3.10. The number of aliphatic hydroxyl groups is 1. The molecule has 3 rings (SSSR count). The molecule has 0 spiro atoms. The number of aromatic amines is 1. The molecule has 4 nitrogen and oxygen atoms in total. The summed E-state index contributed by atoms with van der Waals surface area (Å²) in [6.45, 7) is 4.15. The number of allylic oxidation sites excluding steroid dienone is 1. The van der Waals surface area contributed by atoms with Crippen molar-refractivity contribution in [3.63, 3.8) is 0 Å². The predicted molar refractivity (Wildman–Crippen MR) is 88.8 cm³/mol. The number of fused-ring (bicyclic) bond motifs is 1. The van der Waals surface area contributed by atoms with Crippen LogP contribution in [0, 0.1) is 5.82 Å². The Balaban J connectivity index is 1.93. The van der Waals surface area contributed by atoms with Crippen LogP contribution in [0.1, 0.15) is 18.4 Å². The number of halogens is 1. The molecule has 3 aromatic rings. The largest absolute Gasteiger partial charge is 0.396 e. The van der Waals surface area contributed by atoms with Gasteiger partial charge in [0.15, 0.2) is 0 Å². The molecule has 0 saturated heterocycles. The molecular formula is C18H17FN2O2. The van der Waals surface area contributed by atoms with Crippen molar-refractivity contribution in [2.45, 2.75) is 12.8 Å². The minimum atomic E-state index is -0.441. The minimum Gasteiger partial charge on any atom is -0.396 e. The van der Waals surface area contributed by atoms with E-state index in [-0.39, 0.29) is 17.7 Å². The van der Waals surface area contributed by atoms with Crippen molar-refractivity contribution in [3.8, 4) is 11.3 Å². The molecule has 2 N–H and O–H groups in total. The number of rotatable bonds is 5. The Bertz CT molecular complexity index is 907. The van der Waals surface area contributed by atoms with Gasteiger partial charge in [0.2, 0.25) is 0 Å². The fraction of sp³-hybridized carbons (Fsp3) is 0.167. The summed E-state index contributed by atoms with van der Waals surface area (Å²) in [5, 5.41) is 8.87. The fourth-order valence-corrected chi connectivity index (χ4v) is 2.56. The van der Waals surface area contributed by atoms with Gasteiger partial charge >= 0.3 is 0 Å². The topological polar surface area (TPSA) is 57.5 Å². The van der Waals surface area contributed by atoms with Crippen LogP contribution in [0.3, 0.4) is 0 Å². The average Bonchev–Trinajstić information content (AvgIpc) is 2.93. The second-order valence-corrected chi connectivity index (χ2v) is 5.46. The molecule has 0 unspecified atom stereocenters. The van der Waals surface area contributed by atoms with Gasteiger partial charge in [-0.25, -0.2) is 4.39 Å². The summed E-state index contributed by atoms with van der Waals surface area (Å²) < 4.78 is 14.8. The van der Waals surface area contributed by atoms with Gasteiger partial charge in [-0.3, -0.25) is 4.79 Å². The maximum atomic E-state index is 13.3. The SMILES string of the molecule is C=C(CCCO)c1ccc(-c2cn3cc(F)cc3c(=O)[nH]2)cc1. The molecule has 0 atom stereocenters. The molecule has 1 aromatic carbocycles. The van der Waals surface area contributed by atoms with Crippen LogP contribution in [0.5, 0.6) is 0 Å². The highest BCUT2D eigenvalue weighted by Crippen LogP contribution is 2.22. The molecule has 0 amide bonds. The summed E-state index contributed by atoms with van der Waals surface area (Å²) in [4.78, 5) is 14.8. The number of hydrogen-bond donors (Lipinski definition) is 2. The van der Waals surface area contributed by atoms with Crippen LogP contribution >= 0.6 is 0 Å². The first-order valence-corrected chi connectivity index (χ1v) is 7.38. The molecule has 2 heterocycles. The minimum absolute atomic E-state index is 0.145. The molecule has 5 heteroatoms. The summed E-state index contributed by atoms with van der Waals surface area (Å²) in [5.41, 5.74) is 3.35. The molecular weight excluding hydrogens is 295 g/mol. The Morgan fingerprint density at radius 2 is 2.00 bits per heavy atom. The number of H-pyrrole nitrogens is 1. The molecule has 0 saturated carbocycles. The predicted octanol–water partition coefficient (Wildman–Crippen LogP) is 3.22. The molecule has 0 fully saturated rings. The molecule has 0 aliphatic heterocycles. The van der Waals surface area contributed by atoms with Crippen LogP contribution in [0.2, 0.25) is 0 Å². The number of aromatic nitrogens is 2. The summed E-state index contributed by atoms with van der Waals surface area (Å²) in [6.07, 6.45) is 4.39. The highest BCUT2D eigenvalue weighted by Gasteiger charge is 2.07. The van der Waals surface area contributed by atoms with Crippen molar-refractivity contribution in [1.29, 1.82) is 0 Å². The van der Waals surface area contributed by atoms with Crippen molar-refractivity contribution < 1.29 is 9.50 Å². The molecule has 0 bridgehead atoms. The second-order valence-electron chi connectivity index (χ2n) is 5.46. The van der Waals surface area contributed by atoms with Crippen molar-refractivity contribution in [1.82, 2.24) is 9.38 Å². The first-order chi connectivity index (χ1) is 11.1. The zero-order valence-corrected chi connectivity index (χ0v) is 12.6. The maximum Gasteiger partial charge on any atom is 0.272 e. The van der Waals surface area contributed by atoms with Gasteiger partial charge in [-0.15, -0.1) is 0 Å². The summed E-state index contributed by atoms with van der Waals surface area (Å²) in [6, 6.07) is 8.82. The van der Waals surface area contributed by atoms with E-state index in [2.05, 4.69) is 11.6 Å². The molecule has 0 aliphatic rings. The lowest BCUT2D eigenvalue weighted by atomic mass is 10.0. The molecule has 23 heavy (non-hydrogen) atoms. The number of nitrogens with one attached hydrogen (secondary N) is 1. The summed E-state index contributed by atoms with van der Waals surface area (Å²) in [7, 11) is 0. The van der Waals surface area contributed by atoms with E-state index in [1.807, 2.05) is 24.3 Å². The molecule has 118 valence electrons. The smallest absolute Gasteiger partial charge is 0.272 e. The average molecular weight is 312 g/mol. The van der Waals surface area contributed by atoms with Crippen molar-refractivity contribution in [2.24, 2.45) is 0 Å². The van der Waals surface area contributed by atoms with Crippen molar-refractivity contribution >= 4 is 11.1 Å². The van der Waals surface area contributed by atoms with Gasteiger partial charge in [0.05, 0.1) is 5.69 Å². The van der Waals surface area contributed by atoms with Gasteiger partial charge in [-0.2, -0.15) is 0 Å². The lowest BCUT2D eigenvalue weighted by molar-refractivity contribution is 0.290. The van der Waals surface area contributed by atoms with Crippen molar-refractivity contribution in [2.75, 3.05) is 6.61 Å². The Labute approximate surface area is 132 Å². The lowest BCUT2D eigenvalue weighted by Crippen LogP contribution is -2.09. The van der Waals surface area contributed by atoms with Crippen molar-refractivity contribution in [3.05, 3.63) is 71.0 Å². The first kappa shape index (κ1) is 15.2. The highest BCUT2D eigenvalue weighted by molar-refractivity contribution is 5.68. The fourth-order valence-electron chi connectivity index (χ4n) is 2.56. The lowest BCUT2D eigenvalue weighted by Gasteiger charge is -2.07. The van der Waals surface area contributed by atoms with E-state index in [4.69, 9.17) is 5.11 Å². The molecule has 0 aliphatic carbocycles. The third-order valence-electron chi connectivity index (χ3n) is 3.81. The normalized spacial score (nSPS) is 11.0. The van der Waals surface area contributed by atoms with Crippen LogP contribution in [0.15, 0.2) is 54.1 Å². The quantitative estimate of drug-likeness (QED) is 0.760. The maximum absolute atomic E-state index is 13.3. The van der Waals surface area contributed by atoms with Gasteiger partial charge in [0, 0.05) is 25.1 Å². The van der Waals surface area contributed by atoms with E-state index in [1.165, 1.54) is 16.7 Å². The van der Waals surface area contributed by atoms with E-state index in [0.29, 0.717) is 12.1 Å². The Morgan fingerprint density at radius 1 is 1.26 bits per heavy atom. The molecule has 2 aromatic heterocycles. The number of hydrogen-bond acceptors (Lipinski definition) is 2. The summed E-state index contributed by atoms with van der Waals surface area (Å²) in [5.74, 6) is -0.441. The Kier molecular flexibility index (Phi) is 4.12. The van der Waals surface area contributed by atoms with Crippen LogP contribution in [-0.2, 0) is 0 Å².